The fraction of sp³-hybridized carbons (Fsp3) is 0.727. The Morgan fingerprint density at radius 1 is 1.35 bits per heavy atom. The quantitative estimate of drug-likeness (QED) is 0.685. The molecule has 6 heteroatoms. The summed E-state index contributed by atoms with van der Waals surface area (Å²) in [5.41, 5.74) is 0. The standard InChI is InChI=1S/C11H18N2O4/c1-2-17-11(16)4-3-10(15)13-7-5-9(14)12-6-8-13/h2-8H2,1H3,(H,12,14). The lowest BCUT2D eigenvalue weighted by atomic mass is 10.2. The van der Waals surface area contributed by atoms with Crippen LogP contribution in [0.3, 0.4) is 0 Å². The number of ether oxygens (including phenoxy) is 1. The number of hydrogen-bond donors (Lipinski definition) is 1. The van der Waals surface area contributed by atoms with Crippen LogP contribution < -0.4 is 5.32 Å². The first-order valence-electron chi connectivity index (χ1n) is 5.83. The van der Waals surface area contributed by atoms with Gasteiger partial charge in [0.1, 0.15) is 0 Å². The molecule has 1 N–H and O–H groups in total. The van der Waals surface area contributed by atoms with Gasteiger partial charge in [-0.25, -0.2) is 0 Å². The largest absolute Gasteiger partial charge is 0.466 e. The first-order chi connectivity index (χ1) is 8.13. The maximum Gasteiger partial charge on any atom is 0.306 e. The van der Waals surface area contributed by atoms with Crippen LogP contribution in [0.1, 0.15) is 26.2 Å². The van der Waals surface area contributed by atoms with E-state index in [-0.39, 0.29) is 30.6 Å². The second kappa shape index (κ2) is 6.88. The van der Waals surface area contributed by atoms with E-state index >= 15 is 0 Å². The Morgan fingerprint density at radius 3 is 2.82 bits per heavy atom. The molecule has 0 aliphatic carbocycles. The molecule has 0 radical (unpaired) electrons. The van der Waals surface area contributed by atoms with E-state index in [0.29, 0.717) is 32.7 Å². The van der Waals surface area contributed by atoms with E-state index in [2.05, 4.69) is 5.32 Å². The molecule has 0 unspecified atom stereocenters. The van der Waals surface area contributed by atoms with E-state index < -0.39 is 0 Å². The second-order valence-corrected chi connectivity index (χ2v) is 3.79. The van der Waals surface area contributed by atoms with Crippen molar-refractivity contribution < 1.29 is 19.1 Å². The third-order valence-corrected chi connectivity index (χ3v) is 2.51. The second-order valence-electron chi connectivity index (χ2n) is 3.79. The van der Waals surface area contributed by atoms with Gasteiger partial charge < -0.3 is 15.0 Å². The molecule has 17 heavy (non-hydrogen) atoms. The Balaban J connectivity index is 2.31. The van der Waals surface area contributed by atoms with Gasteiger partial charge in [-0.1, -0.05) is 0 Å². The maximum atomic E-state index is 11.7. The Morgan fingerprint density at radius 2 is 2.12 bits per heavy atom. The van der Waals surface area contributed by atoms with Crippen LogP contribution in [0.15, 0.2) is 0 Å². The van der Waals surface area contributed by atoms with Gasteiger partial charge in [0.2, 0.25) is 11.8 Å². The van der Waals surface area contributed by atoms with Crippen molar-refractivity contribution in [1.29, 1.82) is 0 Å². The molecule has 0 atom stereocenters. The van der Waals surface area contributed by atoms with Crippen LogP contribution in [0.2, 0.25) is 0 Å². The number of nitrogens with one attached hydrogen (secondary N) is 1. The number of carbonyl (C=O) groups is 3. The zero-order valence-corrected chi connectivity index (χ0v) is 10.0. The van der Waals surface area contributed by atoms with Crippen molar-refractivity contribution in [3.05, 3.63) is 0 Å². The van der Waals surface area contributed by atoms with Gasteiger partial charge in [0.25, 0.3) is 0 Å². The van der Waals surface area contributed by atoms with Crippen molar-refractivity contribution in [1.82, 2.24) is 10.2 Å². The molecule has 1 aliphatic heterocycles. The van der Waals surface area contributed by atoms with Crippen LogP contribution in [-0.2, 0) is 19.1 Å². The molecule has 1 aliphatic rings. The summed E-state index contributed by atoms with van der Waals surface area (Å²) in [4.78, 5) is 35.5. The number of carbonyl (C=O) groups excluding carboxylic acids is 3. The van der Waals surface area contributed by atoms with Crippen molar-refractivity contribution in [2.75, 3.05) is 26.2 Å². The number of amides is 2. The molecule has 0 aromatic heterocycles. The van der Waals surface area contributed by atoms with E-state index in [4.69, 9.17) is 4.74 Å². The van der Waals surface area contributed by atoms with Gasteiger partial charge in [-0.15, -0.1) is 0 Å². The summed E-state index contributed by atoms with van der Waals surface area (Å²) in [5, 5.41) is 2.69. The number of rotatable bonds is 4. The topological polar surface area (TPSA) is 75.7 Å². The number of hydrogen-bond acceptors (Lipinski definition) is 4. The summed E-state index contributed by atoms with van der Waals surface area (Å²) < 4.78 is 4.75. The highest BCUT2D eigenvalue weighted by atomic mass is 16.5. The van der Waals surface area contributed by atoms with Gasteiger partial charge in [0.15, 0.2) is 0 Å². The van der Waals surface area contributed by atoms with Crippen LogP contribution in [0.5, 0.6) is 0 Å². The lowest BCUT2D eigenvalue weighted by molar-refractivity contribution is -0.145. The smallest absolute Gasteiger partial charge is 0.306 e. The molecule has 0 bridgehead atoms. The molecular formula is C11H18N2O4. The summed E-state index contributed by atoms with van der Waals surface area (Å²) in [5.74, 6) is -0.495. The molecule has 0 aromatic carbocycles. The van der Waals surface area contributed by atoms with E-state index in [9.17, 15) is 14.4 Å². The minimum atomic E-state index is -0.357. The summed E-state index contributed by atoms with van der Waals surface area (Å²) >= 11 is 0. The van der Waals surface area contributed by atoms with Gasteiger partial charge >= 0.3 is 5.97 Å². The highest BCUT2D eigenvalue weighted by Crippen LogP contribution is 2.03. The van der Waals surface area contributed by atoms with E-state index in [1.54, 1.807) is 11.8 Å². The Labute approximate surface area is 100 Å². The number of esters is 1. The van der Waals surface area contributed by atoms with Crippen molar-refractivity contribution in [3.8, 4) is 0 Å². The molecule has 1 saturated heterocycles. The zero-order chi connectivity index (χ0) is 12.7. The molecule has 0 aromatic rings. The normalized spacial score (nSPS) is 16.1. The fourth-order valence-electron chi connectivity index (χ4n) is 1.62. The van der Waals surface area contributed by atoms with Crippen molar-refractivity contribution in [2.45, 2.75) is 26.2 Å². The predicted molar refractivity (Wildman–Crippen MR) is 60.1 cm³/mol. The Kier molecular flexibility index (Phi) is 5.45. The van der Waals surface area contributed by atoms with E-state index in [1.807, 2.05) is 0 Å². The van der Waals surface area contributed by atoms with Crippen LogP contribution in [-0.4, -0.2) is 48.9 Å². The minimum absolute atomic E-state index is 0.0364. The van der Waals surface area contributed by atoms with Crippen LogP contribution >= 0.6 is 0 Å². The lowest BCUT2D eigenvalue weighted by Crippen LogP contribution is -2.34. The maximum absolute atomic E-state index is 11.7. The molecule has 6 nitrogen and oxygen atoms in total. The summed E-state index contributed by atoms with van der Waals surface area (Å²) in [6, 6.07) is 0. The average molecular weight is 242 g/mol. The molecule has 1 heterocycles. The monoisotopic (exact) mass is 242 g/mol. The van der Waals surface area contributed by atoms with Gasteiger partial charge in [0.05, 0.1) is 13.0 Å². The van der Waals surface area contributed by atoms with Crippen LogP contribution in [0.25, 0.3) is 0 Å². The lowest BCUT2D eigenvalue weighted by Gasteiger charge is -2.19. The van der Waals surface area contributed by atoms with Gasteiger partial charge in [-0.2, -0.15) is 0 Å². The molecule has 1 fully saturated rings. The van der Waals surface area contributed by atoms with Crippen molar-refractivity contribution in [3.63, 3.8) is 0 Å². The van der Waals surface area contributed by atoms with Gasteiger partial charge in [0, 0.05) is 32.5 Å². The van der Waals surface area contributed by atoms with Crippen molar-refractivity contribution >= 4 is 17.8 Å². The number of nitrogens with zero attached hydrogens (tertiary/aromatic N) is 1. The molecule has 0 spiro atoms. The van der Waals surface area contributed by atoms with E-state index in [0.717, 1.165) is 0 Å². The highest BCUT2D eigenvalue weighted by Gasteiger charge is 2.18. The minimum Gasteiger partial charge on any atom is -0.466 e. The summed E-state index contributed by atoms with van der Waals surface area (Å²) in [6.45, 7) is 3.46. The van der Waals surface area contributed by atoms with Crippen LogP contribution in [0.4, 0.5) is 0 Å². The first-order valence-corrected chi connectivity index (χ1v) is 5.83. The zero-order valence-electron chi connectivity index (χ0n) is 10.0. The summed E-state index contributed by atoms with van der Waals surface area (Å²) in [6.07, 6.45) is 0.572. The Hall–Kier alpha value is -1.59. The molecular weight excluding hydrogens is 224 g/mol. The SMILES string of the molecule is CCOC(=O)CCC(=O)N1CCNC(=O)CC1. The first kappa shape index (κ1) is 13.5. The van der Waals surface area contributed by atoms with Crippen LogP contribution in [0, 0.1) is 0 Å². The molecule has 2 amide bonds. The predicted octanol–water partition coefficient (Wildman–Crippen LogP) is -0.322. The average Bonchev–Trinajstić information content (AvgIpc) is 2.51. The van der Waals surface area contributed by atoms with E-state index in [1.165, 1.54) is 0 Å². The third kappa shape index (κ3) is 4.84. The Bertz CT molecular complexity index is 304. The summed E-state index contributed by atoms with van der Waals surface area (Å²) in [7, 11) is 0. The third-order valence-electron chi connectivity index (χ3n) is 2.51. The van der Waals surface area contributed by atoms with Gasteiger partial charge in [-0.3, -0.25) is 14.4 Å². The molecule has 96 valence electrons. The molecule has 1 rings (SSSR count). The molecule has 0 saturated carbocycles. The van der Waals surface area contributed by atoms with Gasteiger partial charge in [-0.05, 0) is 6.92 Å². The fourth-order valence-corrected chi connectivity index (χ4v) is 1.62. The highest BCUT2D eigenvalue weighted by molar-refractivity contribution is 5.83. The van der Waals surface area contributed by atoms with Crippen molar-refractivity contribution in [2.24, 2.45) is 0 Å².